The van der Waals surface area contributed by atoms with Gasteiger partial charge in [-0.2, -0.15) is 0 Å². The van der Waals surface area contributed by atoms with Crippen molar-refractivity contribution in [3.05, 3.63) is 65.7 Å². The molecule has 0 unspecified atom stereocenters. The molecule has 0 aromatic heterocycles. The lowest BCUT2D eigenvalue weighted by molar-refractivity contribution is 0.0756. The summed E-state index contributed by atoms with van der Waals surface area (Å²) in [5.41, 5.74) is 3.18. The summed E-state index contributed by atoms with van der Waals surface area (Å²) in [5, 5.41) is 6.55. The smallest absolute Gasteiger partial charge is 0.196 e. The molecule has 29 heavy (non-hydrogen) atoms. The first-order valence-corrected chi connectivity index (χ1v) is 11.7. The van der Waals surface area contributed by atoms with Crippen molar-refractivity contribution in [2.24, 2.45) is 4.99 Å². The fourth-order valence-corrected chi connectivity index (χ4v) is 4.57. The topological polar surface area (TPSA) is 79.8 Å². The van der Waals surface area contributed by atoms with Gasteiger partial charge in [-0.15, -0.1) is 0 Å². The molecule has 0 bridgehead atoms. The molecule has 0 saturated carbocycles. The van der Waals surface area contributed by atoms with Crippen molar-refractivity contribution in [1.82, 2.24) is 5.32 Å². The molecule has 0 amide bonds. The van der Waals surface area contributed by atoms with Crippen molar-refractivity contribution in [3.63, 3.8) is 0 Å². The Morgan fingerprint density at radius 3 is 2.34 bits per heavy atom. The summed E-state index contributed by atoms with van der Waals surface area (Å²) in [7, 11) is -3.25. The Balaban J connectivity index is 1.78. The molecule has 1 fully saturated rings. The molecule has 0 aliphatic carbocycles. The average molecular weight is 416 g/mol. The molecule has 2 N–H and O–H groups in total. The SMILES string of the molecule is Cc1ccc(CN=C(NCC2(S(C)(=O)=O)CCOCC2)Nc2ccccc2)cc1. The van der Waals surface area contributed by atoms with E-state index in [1.165, 1.54) is 11.8 Å². The van der Waals surface area contributed by atoms with Gasteiger partial charge >= 0.3 is 0 Å². The van der Waals surface area contributed by atoms with Crippen LogP contribution in [0.3, 0.4) is 0 Å². The number of hydrogen-bond acceptors (Lipinski definition) is 4. The number of sulfone groups is 1. The van der Waals surface area contributed by atoms with Gasteiger partial charge in [0.25, 0.3) is 0 Å². The number of rotatable bonds is 6. The van der Waals surface area contributed by atoms with E-state index in [4.69, 9.17) is 4.74 Å². The summed E-state index contributed by atoms with van der Waals surface area (Å²) in [6.45, 7) is 3.75. The van der Waals surface area contributed by atoms with Crippen LogP contribution in [0.15, 0.2) is 59.6 Å². The number of guanidine groups is 1. The number of benzene rings is 2. The highest BCUT2D eigenvalue weighted by Crippen LogP contribution is 2.28. The predicted molar refractivity (Wildman–Crippen MR) is 118 cm³/mol. The summed E-state index contributed by atoms with van der Waals surface area (Å²) in [5.74, 6) is 0.561. The second-order valence-electron chi connectivity index (χ2n) is 7.56. The number of hydrogen-bond donors (Lipinski definition) is 2. The highest BCUT2D eigenvalue weighted by Gasteiger charge is 2.42. The Kier molecular flexibility index (Phi) is 6.92. The van der Waals surface area contributed by atoms with Crippen LogP contribution in [0.25, 0.3) is 0 Å². The molecule has 1 aliphatic heterocycles. The zero-order chi connectivity index (χ0) is 20.7. The monoisotopic (exact) mass is 415 g/mol. The summed E-state index contributed by atoms with van der Waals surface area (Å²) >= 11 is 0. The molecule has 0 radical (unpaired) electrons. The molecular formula is C22H29N3O3S. The number of nitrogens with one attached hydrogen (secondary N) is 2. The zero-order valence-corrected chi connectivity index (χ0v) is 17.8. The average Bonchev–Trinajstić information content (AvgIpc) is 2.72. The summed E-state index contributed by atoms with van der Waals surface area (Å²) < 4.78 is 29.6. The summed E-state index contributed by atoms with van der Waals surface area (Å²) in [6.07, 6.45) is 2.28. The minimum atomic E-state index is -3.25. The fraction of sp³-hybridized carbons (Fsp3) is 0.409. The molecular weight excluding hydrogens is 386 g/mol. The molecule has 3 rings (SSSR count). The number of nitrogens with zero attached hydrogens (tertiary/aromatic N) is 1. The minimum absolute atomic E-state index is 0.293. The van der Waals surface area contributed by atoms with E-state index in [2.05, 4.69) is 46.8 Å². The van der Waals surface area contributed by atoms with Crippen LogP contribution in [0, 0.1) is 6.92 Å². The van der Waals surface area contributed by atoms with E-state index >= 15 is 0 Å². The predicted octanol–water partition coefficient (Wildman–Crippen LogP) is 3.15. The van der Waals surface area contributed by atoms with Gasteiger partial charge < -0.3 is 15.4 Å². The maximum absolute atomic E-state index is 12.5. The minimum Gasteiger partial charge on any atom is -0.381 e. The third kappa shape index (κ3) is 5.81. The third-order valence-corrected chi connectivity index (χ3v) is 7.47. The lowest BCUT2D eigenvalue weighted by Gasteiger charge is -2.35. The van der Waals surface area contributed by atoms with Crippen molar-refractivity contribution in [2.45, 2.75) is 31.1 Å². The second kappa shape index (κ2) is 9.41. The molecule has 2 aromatic carbocycles. The van der Waals surface area contributed by atoms with Crippen molar-refractivity contribution in [1.29, 1.82) is 0 Å². The molecule has 2 aromatic rings. The van der Waals surface area contributed by atoms with Gasteiger partial charge in [0.1, 0.15) is 0 Å². The Morgan fingerprint density at radius 2 is 1.72 bits per heavy atom. The molecule has 0 atom stereocenters. The van der Waals surface area contributed by atoms with Crippen LogP contribution in [-0.2, 0) is 21.1 Å². The van der Waals surface area contributed by atoms with Gasteiger partial charge in [0.15, 0.2) is 15.8 Å². The standard InChI is InChI=1S/C22H29N3O3S/c1-18-8-10-19(11-9-18)16-23-21(25-20-6-4-3-5-7-20)24-17-22(29(2,26)27)12-14-28-15-13-22/h3-11H,12-17H2,1-2H3,(H2,23,24,25). The van der Waals surface area contributed by atoms with Crippen LogP contribution < -0.4 is 10.6 Å². The molecule has 1 aliphatic rings. The van der Waals surface area contributed by atoms with E-state index in [1.54, 1.807) is 0 Å². The lowest BCUT2D eigenvalue weighted by Crippen LogP contribution is -2.52. The molecule has 1 saturated heterocycles. The van der Waals surface area contributed by atoms with Gasteiger partial charge in [-0.25, -0.2) is 13.4 Å². The maximum Gasteiger partial charge on any atom is 0.196 e. The fourth-order valence-electron chi connectivity index (χ4n) is 3.33. The van der Waals surface area contributed by atoms with E-state index < -0.39 is 14.6 Å². The second-order valence-corrected chi connectivity index (χ2v) is 9.97. The highest BCUT2D eigenvalue weighted by molar-refractivity contribution is 7.92. The van der Waals surface area contributed by atoms with Crippen LogP contribution in [-0.4, -0.2) is 45.1 Å². The van der Waals surface area contributed by atoms with Crippen molar-refractivity contribution in [2.75, 3.05) is 31.3 Å². The van der Waals surface area contributed by atoms with Crippen LogP contribution >= 0.6 is 0 Å². The molecule has 156 valence electrons. The van der Waals surface area contributed by atoms with E-state index in [-0.39, 0.29) is 0 Å². The maximum atomic E-state index is 12.5. The first-order valence-electron chi connectivity index (χ1n) is 9.81. The Bertz CT molecular complexity index is 920. The Hall–Kier alpha value is -2.38. The van der Waals surface area contributed by atoms with Gasteiger partial charge in [-0.1, -0.05) is 48.0 Å². The molecule has 0 spiro atoms. The van der Waals surface area contributed by atoms with E-state index in [9.17, 15) is 8.42 Å². The van der Waals surface area contributed by atoms with Crippen LogP contribution in [0.1, 0.15) is 24.0 Å². The number of ether oxygens (including phenoxy) is 1. The van der Waals surface area contributed by atoms with E-state index in [0.717, 1.165) is 11.3 Å². The van der Waals surface area contributed by atoms with Crippen molar-refractivity contribution in [3.8, 4) is 0 Å². The first kappa shape index (κ1) is 21.3. The van der Waals surface area contributed by atoms with E-state index in [1.807, 2.05) is 30.3 Å². The van der Waals surface area contributed by atoms with Gasteiger partial charge in [0.2, 0.25) is 0 Å². The van der Waals surface area contributed by atoms with Crippen LogP contribution in [0.2, 0.25) is 0 Å². The van der Waals surface area contributed by atoms with Crippen LogP contribution in [0.4, 0.5) is 5.69 Å². The van der Waals surface area contributed by atoms with Gasteiger partial charge in [-0.3, -0.25) is 0 Å². The first-order chi connectivity index (χ1) is 13.9. The quantitative estimate of drug-likeness (QED) is 0.560. The molecule has 6 nitrogen and oxygen atoms in total. The number of anilines is 1. The molecule has 1 heterocycles. The Morgan fingerprint density at radius 1 is 1.07 bits per heavy atom. The van der Waals surface area contributed by atoms with Gasteiger partial charge in [0, 0.05) is 31.7 Å². The van der Waals surface area contributed by atoms with Crippen molar-refractivity contribution < 1.29 is 13.2 Å². The van der Waals surface area contributed by atoms with Gasteiger partial charge in [0.05, 0.1) is 11.3 Å². The highest BCUT2D eigenvalue weighted by atomic mass is 32.2. The molecule has 7 heteroatoms. The van der Waals surface area contributed by atoms with Crippen LogP contribution in [0.5, 0.6) is 0 Å². The number of aryl methyl sites for hydroxylation is 1. The normalized spacial score (nSPS) is 17.0. The lowest BCUT2D eigenvalue weighted by atomic mass is 9.99. The number of para-hydroxylation sites is 1. The van der Waals surface area contributed by atoms with E-state index in [0.29, 0.717) is 45.1 Å². The summed E-state index contributed by atoms with van der Waals surface area (Å²) in [6, 6.07) is 17.9. The number of aliphatic imine (C=N–C) groups is 1. The summed E-state index contributed by atoms with van der Waals surface area (Å²) in [4.78, 5) is 4.68. The zero-order valence-electron chi connectivity index (χ0n) is 17.0. The third-order valence-electron chi connectivity index (χ3n) is 5.35. The van der Waals surface area contributed by atoms with Crippen molar-refractivity contribution >= 4 is 21.5 Å². The van der Waals surface area contributed by atoms with Gasteiger partial charge in [-0.05, 0) is 37.5 Å². The largest absolute Gasteiger partial charge is 0.381 e. The Labute approximate surface area is 173 Å².